The predicted octanol–water partition coefficient (Wildman–Crippen LogP) is 5.30. The minimum atomic E-state index is -0.417. The van der Waals surface area contributed by atoms with Crippen molar-refractivity contribution < 1.29 is 14.5 Å². The maximum absolute atomic E-state index is 12.4. The number of thioether (sulfide) groups is 1. The van der Waals surface area contributed by atoms with Gasteiger partial charge in [-0.2, -0.15) is 0 Å². The molecule has 0 spiro atoms. The van der Waals surface area contributed by atoms with E-state index < -0.39 is 4.92 Å². The van der Waals surface area contributed by atoms with Gasteiger partial charge in [0, 0.05) is 12.1 Å². The largest absolute Gasteiger partial charge is 0.461 e. The number of hydrogen-bond donors (Lipinski definition) is 0. The molecule has 1 saturated carbocycles. The topological polar surface area (TPSA) is 82.3 Å². The number of carbonyl (C=O) groups excluding carboxylic acids is 1. The molecule has 0 unspecified atom stereocenters. The van der Waals surface area contributed by atoms with Crippen molar-refractivity contribution in [3.63, 3.8) is 0 Å². The summed E-state index contributed by atoms with van der Waals surface area (Å²) in [4.78, 5) is 27.3. The number of rotatable bonds is 6. The third kappa shape index (κ3) is 4.99. The molecule has 6 nitrogen and oxygen atoms in total. The Bertz CT molecular complexity index is 836. The normalized spacial score (nSPS) is 22.9. The van der Waals surface area contributed by atoms with Crippen LogP contribution in [0.4, 0.5) is 5.69 Å². The fraction of sp³-hybridized carbons (Fsp3) is 0.579. The van der Waals surface area contributed by atoms with Gasteiger partial charge in [0.2, 0.25) is 0 Å². The maximum Gasteiger partial charge on any atom is 0.316 e. The number of ether oxygens (including phenoxy) is 1. The van der Waals surface area contributed by atoms with Gasteiger partial charge in [0.15, 0.2) is 4.34 Å². The molecule has 1 fully saturated rings. The van der Waals surface area contributed by atoms with Gasteiger partial charge in [0.25, 0.3) is 5.69 Å². The van der Waals surface area contributed by atoms with E-state index >= 15 is 0 Å². The third-order valence-electron chi connectivity index (χ3n) is 5.12. The van der Waals surface area contributed by atoms with Gasteiger partial charge in [-0.1, -0.05) is 39.0 Å². The van der Waals surface area contributed by atoms with E-state index in [-0.39, 0.29) is 23.5 Å². The summed E-state index contributed by atoms with van der Waals surface area (Å²) in [6.45, 7) is 6.60. The molecule has 3 rings (SSSR count). The predicted molar refractivity (Wildman–Crippen MR) is 108 cm³/mol. The van der Waals surface area contributed by atoms with Crippen LogP contribution in [0, 0.1) is 27.9 Å². The first-order valence-electron chi connectivity index (χ1n) is 9.20. The minimum absolute atomic E-state index is 0.000123. The van der Waals surface area contributed by atoms with Gasteiger partial charge in [-0.15, -0.1) is 11.3 Å². The molecule has 1 aromatic carbocycles. The van der Waals surface area contributed by atoms with Crippen molar-refractivity contribution >= 4 is 45.0 Å². The molecule has 0 aliphatic heterocycles. The second kappa shape index (κ2) is 8.56. The van der Waals surface area contributed by atoms with Gasteiger partial charge in [0.05, 0.1) is 20.9 Å². The number of non-ortho nitro benzene ring substituents is 1. The molecule has 0 N–H and O–H groups in total. The van der Waals surface area contributed by atoms with Crippen LogP contribution in [0.5, 0.6) is 0 Å². The number of fused-ring (bicyclic) bond motifs is 1. The number of hydrogen-bond acceptors (Lipinski definition) is 7. The molecule has 27 heavy (non-hydrogen) atoms. The summed E-state index contributed by atoms with van der Waals surface area (Å²) < 4.78 is 7.28. The van der Waals surface area contributed by atoms with Gasteiger partial charge in [0.1, 0.15) is 6.10 Å². The quantitative estimate of drug-likeness (QED) is 0.279. The molecule has 1 aliphatic rings. The Kier molecular flexibility index (Phi) is 6.37. The lowest BCUT2D eigenvalue weighted by Gasteiger charge is -2.36. The number of esters is 1. The van der Waals surface area contributed by atoms with E-state index in [1.165, 1.54) is 41.7 Å². The average Bonchev–Trinajstić information content (AvgIpc) is 3.01. The first-order valence-corrected chi connectivity index (χ1v) is 11.0. The van der Waals surface area contributed by atoms with Crippen molar-refractivity contribution in [2.24, 2.45) is 17.8 Å². The Labute approximate surface area is 166 Å². The van der Waals surface area contributed by atoms with Crippen LogP contribution in [-0.4, -0.2) is 27.7 Å². The first kappa shape index (κ1) is 20.1. The van der Waals surface area contributed by atoms with Crippen LogP contribution >= 0.6 is 23.1 Å². The lowest BCUT2D eigenvalue weighted by atomic mass is 9.75. The van der Waals surface area contributed by atoms with Crippen LogP contribution in [0.25, 0.3) is 10.2 Å². The van der Waals surface area contributed by atoms with Gasteiger partial charge in [-0.3, -0.25) is 14.9 Å². The lowest BCUT2D eigenvalue weighted by molar-refractivity contribution is -0.384. The highest BCUT2D eigenvalue weighted by atomic mass is 32.2. The monoisotopic (exact) mass is 408 g/mol. The number of thiazole rings is 1. The summed E-state index contributed by atoms with van der Waals surface area (Å²) in [5.41, 5.74) is 0.760. The van der Waals surface area contributed by atoms with E-state index in [0.717, 1.165) is 21.9 Å². The fourth-order valence-corrected chi connectivity index (χ4v) is 5.53. The summed E-state index contributed by atoms with van der Waals surface area (Å²) in [5, 5.41) is 10.9. The highest BCUT2D eigenvalue weighted by molar-refractivity contribution is 8.01. The lowest BCUT2D eigenvalue weighted by Crippen LogP contribution is -2.36. The molecule has 0 bridgehead atoms. The van der Waals surface area contributed by atoms with Crippen molar-refractivity contribution in [3.05, 3.63) is 28.3 Å². The van der Waals surface area contributed by atoms with Crippen molar-refractivity contribution in [1.82, 2.24) is 4.98 Å². The molecule has 1 aliphatic carbocycles. The van der Waals surface area contributed by atoms with E-state index in [1.807, 2.05) is 0 Å². The van der Waals surface area contributed by atoms with Crippen LogP contribution < -0.4 is 0 Å². The van der Waals surface area contributed by atoms with Crippen molar-refractivity contribution in [3.8, 4) is 0 Å². The number of nitro groups is 1. The molecule has 146 valence electrons. The molecule has 2 aromatic rings. The van der Waals surface area contributed by atoms with E-state index in [2.05, 4.69) is 25.8 Å². The fourth-order valence-electron chi connectivity index (χ4n) is 3.64. The second-order valence-electron chi connectivity index (χ2n) is 7.53. The summed E-state index contributed by atoms with van der Waals surface area (Å²) in [5.74, 6) is 1.51. The highest BCUT2D eigenvalue weighted by Crippen LogP contribution is 2.36. The number of nitro benzene ring substituents is 1. The van der Waals surface area contributed by atoms with Crippen LogP contribution in [-0.2, 0) is 9.53 Å². The van der Waals surface area contributed by atoms with Crippen LogP contribution in [0.3, 0.4) is 0 Å². The number of carbonyl (C=O) groups is 1. The van der Waals surface area contributed by atoms with Gasteiger partial charge < -0.3 is 4.74 Å². The zero-order valence-corrected chi connectivity index (χ0v) is 17.3. The van der Waals surface area contributed by atoms with Crippen LogP contribution in [0.2, 0.25) is 0 Å². The molecule has 3 atom stereocenters. The number of aromatic nitrogens is 1. The molecular formula is C19H24N2O4S2. The van der Waals surface area contributed by atoms with Crippen molar-refractivity contribution in [1.29, 1.82) is 0 Å². The van der Waals surface area contributed by atoms with Crippen LogP contribution in [0.15, 0.2) is 22.5 Å². The maximum atomic E-state index is 12.4. The Balaban J connectivity index is 1.60. The zero-order valence-electron chi connectivity index (χ0n) is 15.7. The van der Waals surface area contributed by atoms with Gasteiger partial charge >= 0.3 is 5.97 Å². The van der Waals surface area contributed by atoms with Gasteiger partial charge in [-0.25, -0.2) is 4.98 Å². The van der Waals surface area contributed by atoms with E-state index in [9.17, 15) is 14.9 Å². The first-order chi connectivity index (χ1) is 12.8. The van der Waals surface area contributed by atoms with Crippen molar-refractivity contribution in [2.45, 2.75) is 50.5 Å². The zero-order chi connectivity index (χ0) is 19.6. The minimum Gasteiger partial charge on any atom is -0.461 e. The molecule has 0 saturated heterocycles. The SMILES string of the molecule is CC(C)[C@H]1CC[C@@H](C)C[C@H]1OC(=O)CSc1nc2ccc([N+](=O)[O-])cc2s1. The number of nitrogens with zero attached hydrogens (tertiary/aromatic N) is 2. The van der Waals surface area contributed by atoms with E-state index in [1.54, 1.807) is 6.07 Å². The third-order valence-corrected chi connectivity index (χ3v) is 7.26. The molecule has 0 radical (unpaired) electrons. The Morgan fingerprint density at radius 1 is 1.44 bits per heavy atom. The van der Waals surface area contributed by atoms with Gasteiger partial charge in [-0.05, 0) is 36.7 Å². The molecule has 8 heteroatoms. The summed E-state index contributed by atoms with van der Waals surface area (Å²) in [6, 6.07) is 4.61. The molecule has 1 aromatic heterocycles. The summed E-state index contributed by atoms with van der Waals surface area (Å²) in [6.07, 6.45) is 3.24. The average molecular weight is 409 g/mol. The Morgan fingerprint density at radius 2 is 2.22 bits per heavy atom. The van der Waals surface area contributed by atoms with E-state index in [4.69, 9.17) is 4.74 Å². The summed E-state index contributed by atoms with van der Waals surface area (Å²) in [7, 11) is 0. The number of benzene rings is 1. The Hall–Kier alpha value is -1.67. The molecule has 0 amide bonds. The van der Waals surface area contributed by atoms with Crippen LogP contribution in [0.1, 0.15) is 40.0 Å². The molecule has 1 heterocycles. The highest BCUT2D eigenvalue weighted by Gasteiger charge is 2.33. The Morgan fingerprint density at radius 3 is 2.93 bits per heavy atom. The molecular weight excluding hydrogens is 384 g/mol. The second-order valence-corrected chi connectivity index (χ2v) is 9.79. The van der Waals surface area contributed by atoms with Crippen molar-refractivity contribution in [2.75, 3.05) is 5.75 Å². The van der Waals surface area contributed by atoms with E-state index in [0.29, 0.717) is 23.3 Å². The smallest absolute Gasteiger partial charge is 0.316 e. The summed E-state index contributed by atoms with van der Waals surface area (Å²) >= 11 is 2.69. The standard InChI is InChI=1S/C19H24N2O4S2/c1-11(2)14-6-4-12(3)8-16(14)25-18(22)10-26-19-20-15-7-5-13(21(23)24)9-17(15)27-19/h5,7,9,11-12,14,16H,4,6,8,10H2,1-3H3/t12-,14-,16-/m1/s1.